The van der Waals surface area contributed by atoms with Crippen molar-refractivity contribution in [2.24, 2.45) is 23.2 Å². The van der Waals surface area contributed by atoms with Crippen molar-refractivity contribution >= 4 is 0 Å². The Morgan fingerprint density at radius 1 is 1.21 bits per heavy atom. The number of aliphatic hydroxyl groups excluding tert-OH is 1. The predicted molar refractivity (Wildman–Crippen MR) is 123 cm³/mol. The van der Waals surface area contributed by atoms with Crippen LogP contribution >= 0.6 is 0 Å². The largest absolute Gasteiger partial charge is 0.390 e. The van der Waals surface area contributed by atoms with Gasteiger partial charge in [-0.05, 0) is 100 Å². The van der Waals surface area contributed by atoms with Gasteiger partial charge in [-0.2, -0.15) is 0 Å². The molecule has 2 unspecified atom stereocenters. The van der Waals surface area contributed by atoms with Crippen molar-refractivity contribution in [2.45, 2.75) is 110 Å². The summed E-state index contributed by atoms with van der Waals surface area (Å²) < 4.78 is 0. The molecule has 0 aromatic heterocycles. The highest BCUT2D eigenvalue weighted by Crippen LogP contribution is 2.59. The van der Waals surface area contributed by atoms with Crippen LogP contribution in [0.2, 0.25) is 0 Å². The maximum atomic E-state index is 10.1. The van der Waals surface area contributed by atoms with Gasteiger partial charge in [0.1, 0.15) is 0 Å². The molecule has 0 aromatic carbocycles. The fourth-order valence-corrected chi connectivity index (χ4v) is 6.63. The molecular weight excluding hydrogens is 356 g/mol. The summed E-state index contributed by atoms with van der Waals surface area (Å²) in [6.45, 7) is 12.9. The smallest absolute Gasteiger partial charge is 0.0784 e. The van der Waals surface area contributed by atoms with Gasteiger partial charge in [-0.1, -0.05) is 56.6 Å². The molecule has 5 atom stereocenters. The molecular formula is C27H44O2. The standard InChI is InChI=1S/C27H44O2/c1-19(8-6-16-26(3,4)29)23-14-15-24-22(9-7-17-27(23,24)5)13-12-21-11-10-20(2)25(28)18-21/h12-13,19,23-25,28-29H,2,6-11,14-18H2,1,3-5H3/b21-12+,22-13+/t19-,23?,24?,25-,27-/m1/s1. The molecule has 2 N–H and O–H groups in total. The van der Waals surface area contributed by atoms with Gasteiger partial charge in [0.15, 0.2) is 0 Å². The van der Waals surface area contributed by atoms with Crippen LogP contribution in [0.25, 0.3) is 0 Å². The van der Waals surface area contributed by atoms with E-state index in [1.54, 1.807) is 5.57 Å². The Kier molecular flexibility index (Phi) is 7.16. The molecule has 2 nitrogen and oxygen atoms in total. The van der Waals surface area contributed by atoms with Crippen LogP contribution in [-0.4, -0.2) is 21.9 Å². The summed E-state index contributed by atoms with van der Waals surface area (Å²) in [6, 6.07) is 0. The number of hydrogen-bond acceptors (Lipinski definition) is 2. The molecule has 3 aliphatic rings. The average molecular weight is 401 g/mol. The molecule has 0 heterocycles. The fraction of sp³-hybridized carbons (Fsp3) is 0.778. The van der Waals surface area contributed by atoms with Crippen molar-refractivity contribution in [1.29, 1.82) is 0 Å². The van der Waals surface area contributed by atoms with Crippen molar-refractivity contribution in [3.8, 4) is 0 Å². The van der Waals surface area contributed by atoms with E-state index < -0.39 is 5.60 Å². The first kappa shape index (κ1) is 22.8. The van der Waals surface area contributed by atoms with Crippen LogP contribution in [0, 0.1) is 23.2 Å². The lowest BCUT2D eigenvalue weighted by Gasteiger charge is -2.44. The Morgan fingerprint density at radius 2 is 1.97 bits per heavy atom. The lowest BCUT2D eigenvalue weighted by atomic mass is 9.60. The SMILES string of the molecule is C=C1CC/C(=C\C=C2/CCC[C@@]3(C)C2CCC3[C@H](C)CCCC(C)(C)O)C[C@H]1O. The van der Waals surface area contributed by atoms with Gasteiger partial charge in [-0.3, -0.25) is 0 Å². The molecule has 164 valence electrons. The van der Waals surface area contributed by atoms with Gasteiger partial charge in [0.2, 0.25) is 0 Å². The van der Waals surface area contributed by atoms with Crippen molar-refractivity contribution < 1.29 is 10.2 Å². The topological polar surface area (TPSA) is 40.5 Å². The highest BCUT2D eigenvalue weighted by molar-refractivity contribution is 5.28. The summed E-state index contributed by atoms with van der Waals surface area (Å²) >= 11 is 0. The maximum Gasteiger partial charge on any atom is 0.0784 e. The second kappa shape index (κ2) is 9.10. The molecule has 0 amide bonds. The van der Waals surface area contributed by atoms with Crippen LogP contribution in [-0.2, 0) is 0 Å². The quantitative estimate of drug-likeness (QED) is 0.485. The van der Waals surface area contributed by atoms with E-state index in [9.17, 15) is 10.2 Å². The Hall–Kier alpha value is -0.860. The molecule has 3 rings (SSSR count). The second-order valence-electron chi connectivity index (χ2n) is 11.2. The van der Waals surface area contributed by atoms with Crippen LogP contribution in [0.3, 0.4) is 0 Å². The molecule has 0 aliphatic heterocycles. The van der Waals surface area contributed by atoms with Crippen LogP contribution in [0.15, 0.2) is 35.5 Å². The zero-order valence-corrected chi connectivity index (χ0v) is 19.3. The molecule has 3 saturated carbocycles. The van der Waals surface area contributed by atoms with Crippen molar-refractivity contribution in [3.63, 3.8) is 0 Å². The summed E-state index contributed by atoms with van der Waals surface area (Å²) in [4.78, 5) is 0. The number of fused-ring (bicyclic) bond motifs is 1. The van der Waals surface area contributed by atoms with Gasteiger partial charge in [0.25, 0.3) is 0 Å². The van der Waals surface area contributed by atoms with E-state index in [-0.39, 0.29) is 6.10 Å². The highest BCUT2D eigenvalue weighted by Gasteiger charge is 2.50. The number of rotatable bonds is 6. The minimum atomic E-state index is -0.533. The van der Waals surface area contributed by atoms with Gasteiger partial charge >= 0.3 is 0 Å². The normalized spacial score (nSPS) is 37.2. The summed E-state index contributed by atoms with van der Waals surface area (Å²) in [6.07, 6.45) is 17.1. The summed E-state index contributed by atoms with van der Waals surface area (Å²) in [5.41, 5.74) is 3.96. The molecule has 0 radical (unpaired) electrons. The van der Waals surface area contributed by atoms with Crippen molar-refractivity contribution in [1.82, 2.24) is 0 Å². The molecule has 0 spiro atoms. The van der Waals surface area contributed by atoms with Gasteiger partial charge in [-0.15, -0.1) is 0 Å². The third kappa shape index (κ3) is 5.44. The van der Waals surface area contributed by atoms with Gasteiger partial charge in [-0.25, -0.2) is 0 Å². The molecule has 0 bridgehead atoms. The van der Waals surface area contributed by atoms with E-state index in [2.05, 4.69) is 32.6 Å². The highest BCUT2D eigenvalue weighted by atomic mass is 16.3. The Labute approximate surface area is 179 Å². The molecule has 0 saturated heterocycles. The van der Waals surface area contributed by atoms with E-state index in [0.29, 0.717) is 5.41 Å². The zero-order valence-electron chi connectivity index (χ0n) is 19.3. The van der Waals surface area contributed by atoms with Crippen molar-refractivity contribution in [3.05, 3.63) is 35.5 Å². The van der Waals surface area contributed by atoms with Crippen molar-refractivity contribution in [2.75, 3.05) is 0 Å². The van der Waals surface area contributed by atoms with Gasteiger partial charge < -0.3 is 10.2 Å². The third-order valence-corrected chi connectivity index (χ3v) is 8.40. The first-order chi connectivity index (χ1) is 13.6. The molecule has 0 aromatic rings. The second-order valence-corrected chi connectivity index (χ2v) is 11.2. The van der Waals surface area contributed by atoms with E-state index in [1.165, 1.54) is 44.1 Å². The molecule has 29 heavy (non-hydrogen) atoms. The molecule has 3 fully saturated rings. The number of aliphatic hydroxyl groups is 2. The lowest BCUT2D eigenvalue weighted by molar-refractivity contribution is 0.0596. The zero-order chi connectivity index (χ0) is 21.2. The van der Waals surface area contributed by atoms with Gasteiger partial charge in [0, 0.05) is 0 Å². The Balaban J connectivity index is 1.65. The Bertz CT molecular complexity index is 650. The molecule has 3 aliphatic carbocycles. The van der Waals surface area contributed by atoms with Crippen LogP contribution in [0.1, 0.15) is 98.3 Å². The summed E-state index contributed by atoms with van der Waals surface area (Å²) in [7, 11) is 0. The summed E-state index contributed by atoms with van der Waals surface area (Å²) in [5, 5.41) is 20.1. The van der Waals surface area contributed by atoms with E-state index in [1.807, 2.05) is 13.8 Å². The number of hydrogen-bond donors (Lipinski definition) is 2. The van der Waals surface area contributed by atoms with Crippen LogP contribution in [0.4, 0.5) is 0 Å². The summed E-state index contributed by atoms with van der Waals surface area (Å²) in [5.74, 6) is 2.29. The van der Waals surface area contributed by atoms with E-state index >= 15 is 0 Å². The molecule has 2 heteroatoms. The monoisotopic (exact) mass is 400 g/mol. The number of allylic oxidation sites excluding steroid dienone is 3. The first-order valence-corrected chi connectivity index (χ1v) is 12.1. The lowest BCUT2D eigenvalue weighted by Crippen LogP contribution is -2.36. The Morgan fingerprint density at radius 3 is 2.66 bits per heavy atom. The van der Waals surface area contributed by atoms with Crippen LogP contribution in [0.5, 0.6) is 0 Å². The van der Waals surface area contributed by atoms with E-state index in [4.69, 9.17) is 0 Å². The fourth-order valence-electron chi connectivity index (χ4n) is 6.63. The first-order valence-electron chi connectivity index (χ1n) is 12.1. The maximum absolute atomic E-state index is 10.1. The van der Waals surface area contributed by atoms with Gasteiger partial charge in [0.05, 0.1) is 11.7 Å². The van der Waals surface area contributed by atoms with E-state index in [0.717, 1.165) is 55.4 Å². The average Bonchev–Trinajstić information content (AvgIpc) is 2.99. The third-order valence-electron chi connectivity index (χ3n) is 8.40. The minimum absolute atomic E-state index is 0.342. The van der Waals surface area contributed by atoms with Crippen LogP contribution < -0.4 is 0 Å². The predicted octanol–water partition coefficient (Wildman–Crippen LogP) is 6.73. The minimum Gasteiger partial charge on any atom is -0.390 e.